The Bertz CT molecular complexity index is 715. The van der Waals surface area contributed by atoms with Crippen LogP contribution in [-0.4, -0.2) is 42.0 Å². The molecule has 1 atom stereocenters. The number of hydrogen-bond donors (Lipinski definition) is 2. The molecule has 0 saturated carbocycles. The van der Waals surface area contributed by atoms with Gasteiger partial charge in [-0.25, -0.2) is 4.79 Å². The molecule has 2 aromatic carbocycles. The highest BCUT2D eigenvalue weighted by Gasteiger charge is 2.29. The third kappa shape index (κ3) is 3.99. The summed E-state index contributed by atoms with van der Waals surface area (Å²) in [5.74, 6) is 0.598. The number of ether oxygens (including phenoxy) is 1. The minimum absolute atomic E-state index is 0.0462. The molecule has 132 valence electrons. The topological polar surface area (TPSA) is 58.6 Å². The maximum absolute atomic E-state index is 12.0. The predicted molar refractivity (Wildman–Crippen MR) is 102 cm³/mol. The second kappa shape index (κ2) is 7.50. The largest absolute Gasteiger partial charge is 0.449 e. The standard InChI is InChI=1S/C20H23NO3S/c1-20(23,13-25-2)12-21-19(22)24-11-18-16-9-5-3-7-14(16)15-8-4-6-10-17(15)18/h3-10,18,23H,11-13H2,1-2H3,(H,21,22). The molecule has 1 aliphatic rings. The number of fused-ring (bicyclic) bond motifs is 3. The third-order valence-corrected chi connectivity index (χ3v) is 5.32. The fraction of sp³-hybridized carbons (Fsp3) is 0.350. The normalized spacial score (nSPS) is 15.2. The lowest BCUT2D eigenvalue weighted by atomic mass is 9.98. The Kier molecular flexibility index (Phi) is 5.35. The molecule has 1 amide bonds. The van der Waals surface area contributed by atoms with E-state index in [1.165, 1.54) is 34.0 Å². The van der Waals surface area contributed by atoms with Gasteiger partial charge in [0.1, 0.15) is 6.61 Å². The molecule has 1 unspecified atom stereocenters. The molecule has 2 aromatic rings. The minimum Gasteiger partial charge on any atom is -0.449 e. The summed E-state index contributed by atoms with van der Waals surface area (Å²) in [4.78, 5) is 12.0. The fourth-order valence-electron chi connectivity index (χ4n) is 3.27. The molecule has 3 rings (SSSR count). The molecule has 1 aliphatic carbocycles. The molecule has 0 aromatic heterocycles. The van der Waals surface area contributed by atoms with Crippen LogP contribution < -0.4 is 5.32 Å². The van der Waals surface area contributed by atoms with E-state index in [1.807, 2.05) is 30.5 Å². The number of carbonyl (C=O) groups is 1. The average Bonchev–Trinajstić information content (AvgIpc) is 2.92. The summed E-state index contributed by atoms with van der Waals surface area (Å²) in [5.41, 5.74) is 3.84. The second-order valence-electron chi connectivity index (χ2n) is 6.61. The number of carbonyl (C=O) groups excluding carboxylic acids is 1. The van der Waals surface area contributed by atoms with Crippen molar-refractivity contribution in [3.8, 4) is 11.1 Å². The van der Waals surface area contributed by atoms with E-state index in [2.05, 4.69) is 29.6 Å². The van der Waals surface area contributed by atoms with Crippen LogP contribution in [-0.2, 0) is 4.74 Å². The molecule has 0 fully saturated rings. The minimum atomic E-state index is -0.939. The Morgan fingerprint density at radius 1 is 1.16 bits per heavy atom. The molecule has 0 aliphatic heterocycles. The van der Waals surface area contributed by atoms with Crippen molar-refractivity contribution in [2.45, 2.75) is 18.4 Å². The number of rotatable bonds is 6. The monoisotopic (exact) mass is 357 g/mol. The van der Waals surface area contributed by atoms with Gasteiger partial charge in [0.2, 0.25) is 0 Å². The summed E-state index contributed by atoms with van der Waals surface area (Å²) in [6.07, 6.45) is 1.42. The SMILES string of the molecule is CSCC(C)(O)CNC(=O)OCC1c2ccccc2-c2ccccc21. The first-order chi connectivity index (χ1) is 12.0. The van der Waals surface area contributed by atoms with Gasteiger partial charge < -0.3 is 15.2 Å². The lowest BCUT2D eigenvalue weighted by Gasteiger charge is -2.22. The number of amides is 1. The summed E-state index contributed by atoms with van der Waals surface area (Å²) < 4.78 is 5.45. The van der Waals surface area contributed by atoms with Crippen molar-refractivity contribution < 1.29 is 14.6 Å². The van der Waals surface area contributed by atoms with Gasteiger partial charge >= 0.3 is 6.09 Å². The Morgan fingerprint density at radius 3 is 2.28 bits per heavy atom. The number of benzene rings is 2. The summed E-state index contributed by atoms with van der Waals surface area (Å²) >= 11 is 1.54. The van der Waals surface area contributed by atoms with Gasteiger partial charge in [-0.05, 0) is 35.4 Å². The Balaban J connectivity index is 1.65. The summed E-state index contributed by atoms with van der Waals surface area (Å²) in [5, 5.41) is 12.8. The summed E-state index contributed by atoms with van der Waals surface area (Å²) in [6, 6.07) is 16.5. The number of nitrogens with one attached hydrogen (secondary N) is 1. The zero-order valence-corrected chi connectivity index (χ0v) is 15.3. The Morgan fingerprint density at radius 2 is 1.72 bits per heavy atom. The van der Waals surface area contributed by atoms with Crippen LogP contribution in [0.3, 0.4) is 0 Å². The van der Waals surface area contributed by atoms with E-state index in [0.29, 0.717) is 5.75 Å². The first-order valence-corrected chi connectivity index (χ1v) is 9.71. The number of aliphatic hydroxyl groups is 1. The van der Waals surface area contributed by atoms with Crippen LogP contribution in [0.5, 0.6) is 0 Å². The van der Waals surface area contributed by atoms with E-state index in [4.69, 9.17) is 4.74 Å². The molecule has 0 saturated heterocycles. The van der Waals surface area contributed by atoms with Gasteiger partial charge in [-0.1, -0.05) is 48.5 Å². The first-order valence-electron chi connectivity index (χ1n) is 8.32. The fourth-order valence-corrected chi connectivity index (χ4v) is 4.00. The highest BCUT2D eigenvalue weighted by atomic mass is 32.2. The molecule has 5 heteroatoms. The van der Waals surface area contributed by atoms with Gasteiger partial charge in [-0.15, -0.1) is 0 Å². The van der Waals surface area contributed by atoms with Crippen LogP contribution in [0.25, 0.3) is 11.1 Å². The zero-order valence-electron chi connectivity index (χ0n) is 14.5. The third-order valence-electron chi connectivity index (χ3n) is 4.41. The van der Waals surface area contributed by atoms with Crippen molar-refractivity contribution in [2.24, 2.45) is 0 Å². The summed E-state index contributed by atoms with van der Waals surface area (Å²) in [6.45, 7) is 2.16. The van der Waals surface area contributed by atoms with E-state index in [1.54, 1.807) is 6.92 Å². The number of thioether (sulfide) groups is 1. The molecule has 4 nitrogen and oxygen atoms in total. The van der Waals surface area contributed by atoms with E-state index in [0.717, 1.165) is 0 Å². The lowest BCUT2D eigenvalue weighted by Crippen LogP contribution is -2.42. The number of alkyl carbamates (subject to hydrolysis) is 1. The van der Waals surface area contributed by atoms with Crippen molar-refractivity contribution in [3.05, 3.63) is 59.7 Å². The van der Waals surface area contributed by atoms with E-state index in [-0.39, 0.29) is 19.1 Å². The average molecular weight is 357 g/mol. The van der Waals surface area contributed by atoms with Crippen molar-refractivity contribution in [3.63, 3.8) is 0 Å². The van der Waals surface area contributed by atoms with E-state index in [9.17, 15) is 9.90 Å². The van der Waals surface area contributed by atoms with Gasteiger partial charge in [-0.3, -0.25) is 0 Å². The van der Waals surface area contributed by atoms with Gasteiger partial charge in [0.05, 0.1) is 12.1 Å². The molecule has 2 N–H and O–H groups in total. The highest BCUT2D eigenvalue weighted by Crippen LogP contribution is 2.44. The summed E-state index contributed by atoms with van der Waals surface area (Å²) in [7, 11) is 0. The first kappa shape index (κ1) is 17.8. The quantitative estimate of drug-likeness (QED) is 0.829. The van der Waals surface area contributed by atoms with Crippen LogP contribution >= 0.6 is 11.8 Å². The van der Waals surface area contributed by atoms with Crippen molar-refractivity contribution in [1.82, 2.24) is 5.32 Å². The second-order valence-corrected chi connectivity index (χ2v) is 7.48. The lowest BCUT2D eigenvalue weighted by molar-refractivity contribution is 0.0780. The molecule has 0 spiro atoms. The van der Waals surface area contributed by atoms with Crippen LogP contribution in [0.15, 0.2) is 48.5 Å². The van der Waals surface area contributed by atoms with Crippen molar-refractivity contribution in [1.29, 1.82) is 0 Å². The molecule has 0 bridgehead atoms. The van der Waals surface area contributed by atoms with Crippen LogP contribution in [0.4, 0.5) is 4.79 Å². The highest BCUT2D eigenvalue weighted by molar-refractivity contribution is 7.98. The van der Waals surface area contributed by atoms with Gasteiger partial charge in [0.15, 0.2) is 0 Å². The van der Waals surface area contributed by atoms with Gasteiger partial charge in [0, 0.05) is 11.7 Å². The maximum Gasteiger partial charge on any atom is 0.407 e. The predicted octanol–water partition coefficient (Wildman–Crippen LogP) is 3.64. The van der Waals surface area contributed by atoms with Crippen molar-refractivity contribution in [2.75, 3.05) is 25.2 Å². The molecular formula is C20H23NO3S. The van der Waals surface area contributed by atoms with Gasteiger partial charge in [0.25, 0.3) is 0 Å². The van der Waals surface area contributed by atoms with Crippen LogP contribution in [0, 0.1) is 0 Å². The molecule has 0 radical (unpaired) electrons. The van der Waals surface area contributed by atoms with Crippen LogP contribution in [0.2, 0.25) is 0 Å². The van der Waals surface area contributed by atoms with E-state index < -0.39 is 11.7 Å². The number of hydrogen-bond acceptors (Lipinski definition) is 4. The Labute approximate surface area is 152 Å². The molecule has 25 heavy (non-hydrogen) atoms. The van der Waals surface area contributed by atoms with Gasteiger partial charge in [-0.2, -0.15) is 11.8 Å². The smallest absolute Gasteiger partial charge is 0.407 e. The zero-order chi connectivity index (χ0) is 17.9. The molecular weight excluding hydrogens is 334 g/mol. The van der Waals surface area contributed by atoms with Crippen LogP contribution in [0.1, 0.15) is 24.0 Å². The maximum atomic E-state index is 12.0. The molecule has 0 heterocycles. The van der Waals surface area contributed by atoms with E-state index >= 15 is 0 Å². The Hall–Kier alpha value is -1.98. The van der Waals surface area contributed by atoms with Crippen molar-refractivity contribution >= 4 is 17.9 Å².